The number of nitrogens with zero attached hydrogens (tertiary/aromatic N) is 1. The van der Waals surface area contributed by atoms with Gasteiger partial charge in [-0.05, 0) is 6.07 Å². The van der Waals surface area contributed by atoms with Gasteiger partial charge < -0.3 is 4.74 Å². The molecule has 7 heteroatoms. The molecule has 1 rings (SSSR count). The van der Waals surface area contributed by atoms with Crippen molar-refractivity contribution in [1.29, 1.82) is 0 Å². The minimum absolute atomic E-state index is 0.145. The highest BCUT2D eigenvalue weighted by Gasteiger charge is 2.22. The van der Waals surface area contributed by atoms with Crippen LogP contribution >= 0.6 is 15.9 Å². The molecule has 0 saturated heterocycles. The zero-order valence-corrected chi connectivity index (χ0v) is 10.4. The Balaban J connectivity index is 3.21. The molecule has 1 heterocycles. The van der Waals surface area contributed by atoms with Crippen molar-refractivity contribution in [2.24, 2.45) is 0 Å². The third kappa shape index (κ3) is 3.42. The monoisotopic (exact) mass is 311 g/mol. The van der Waals surface area contributed by atoms with Gasteiger partial charge in [0.15, 0.2) is 0 Å². The largest absolute Gasteiger partial charge is 0.469 e. The fourth-order valence-electron chi connectivity index (χ4n) is 1.25. The Kier molecular flexibility index (Phi) is 4.92. The van der Waals surface area contributed by atoms with E-state index in [1.807, 2.05) is 0 Å². The van der Waals surface area contributed by atoms with Gasteiger partial charge in [0.2, 0.25) is 0 Å². The summed E-state index contributed by atoms with van der Waals surface area (Å²) in [5.41, 5.74) is -0.993. The van der Waals surface area contributed by atoms with Crippen LogP contribution in [0.4, 0.5) is 13.2 Å². The van der Waals surface area contributed by atoms with Crippen molar-refractivity contribution in [3.05, 3.63) is 28.8 Å². The SMILES string of the molecule is COC(=O)Cc1c(F)cc(CBr)nc1C(F)F. The number of ether oxygens (including phenoxy) is 1. The average Bonchev–Trinajstić information content (AvgIpc) is 2.30. The number of halogens is 4. The lowest BCUT2D eigenvalue weighted by Gasteiger charge is -2.10. The zero-order chi connectivity index (χ0) is 13.0. The van der Waals surface area contributed by atoms with E-state index < -0.39 is 35.9 Å². The summed E-state index contributed by atoms with van der Waals surface area (Å²) in [5, 5.41) is 0.155. The van der Waals surface area contributed by atoms with E-state index in [1.165, 1.54) is 0 Å². The lowest BCUT2D eigenvalue weighted by Crippen LogP contribution is -2.12. The lowest BCUT2D eigenvalue weighted by atomic mass is 10.1. The first kappa shape index (κ1) is 14.0. The predicted octanol–water partition coefficient (Wildman–Crippen LogP) is 2.77. The number of carbonyl (C=O) groups is 1. The molecule has 0 unspecified atom stereocenters. The molecule has 0 aromatic carbocycles. The normalized spacial score (nSPS) is 10.7. The molecule has 0 radical (unpaired) electrons. The summed E-state index contributed by atoms with van der Waals surface area (Å²) in [6.07, 6.45) is -3.50. The molecule has 3 nitrogen and oxygen atoms in total. The molecule has 17 heavy (non-hydrogen) atoms. The number of methoxy groups -OCH3 is 1. The van der Waals surface area contributed by atoms with Gasteiger partial charge in [0.05, 0.1) is 19.2 Å². The van der Waals surface area contributed by atoms with Gasteiger partial charge in [0.25, 0.3) is 6.43 Å². The molecule has 0 aliphatic heterocycles. The number of aromatic nitrogens is 1. The van der Waals surface area contributed by atoms with Gasteiger partial charge in [-0.1, -0.05) is 15.9 Å². The van der Waals surface area contributed by atoms with Gasteiger partial charge in [0.1, 0.15) is 11.5 Å². The van der Waals surface area contributed by atoms with Gasteiger partial charge in [-0.25, -0.2) is 13.2 Å². The van der Waals surface area contributed by atoms with Crippen molar-refractivity contribution in [2.75, 3.05) is 7.11 Å². The average molecular weight is 312 g/mol. The second kappa shape index (κ2) is 6.00. The molecule has 94 valence electrons. The Hall–Kier alpha value is -1.11. The molecular weight excluding hydrogens is 303 g/mol. The van der Waals surface area contributed by atoms with Crippen LogP contribution in [0.15, 0.2) is 6.07 Å². The van der Waals surface area contributed by atoms with E-state index in [2.05, 4.69) is 25.7 Å². The Morgan fingerprint density at radius 1 is 1.59 bits per heavy atom. The second-order valence-corrected chi connectivity index (χ2v) is 3.71. The van der Waals surface area contributed by atoms with E-state index in [4.69, 9.17) is 0 Å². The van der Waals surface area contributed by atoms with Crippen molar-refractivity contribution in [1.82, 2.24) is 4.98 Å². The number of rotatable bonds is 4. The number of alkyl halides is 3. The highest BCUT2D eigenvalue weighted by Crippen LogP contribution is 2.25. The van der Waals surface area contributed by atoms with Gasteiger partial charge in [-0.2, -0.15) is 0 Å². The van der Waals surface area contributed by atoms with E-state index in [1.54, 1.807) is 0 Å². The quantitative estimate of drug-likeness (QED) is 0.634. The molecule has 1 aromatic heterocycles. The summed E-state index contributed by atoms with van der Waals surface area (Å²) in [6, 6.07) is 1.01. The molecule has 0 fully saturated rings. The molecule has 0 bridgehead atoms. The molecule has 0 amide bonds. The number of hydrogen-bond acceptors (Lipinski definition) is 3. The Morgan fingerprint density at radius 3 is 2.71 bits per heavy atom. The topological polar surface area (TPSA) is 39.2 Å². The first-order chi connectivity index (χ1) is 7.99. The maximum Gasteiger partial charge on any atom is 0.310 e. The smallest absolute Gasteiger partial charge is 0.310 e. The van der Waals surface area contributed by atoms with Crippen LogP contribution in [0.3, 0.4) is 0 Å². The van der Waals surface area contributed by atoms with Crippen LogP contribution in [-0.4, -0.2) is 18.1 Å². The fourth-order valence-corrected chi connectivity index (χ4v) is 1.54. The molecule has 0 atom stereocenters. The minimum Gasteiger partial charge on any atom is -0.469 e. The van der Waals surface area contributed by atoms with Crippen LogP contribution in [0.5, 0.6) is 0 Å². The Morgan fingerprint density at radius 2 is 2.24 bits per heavy atom. The van der Waals surface area contributed by atoms with Crippen molar-refractivity contribution in [3.63, 3.8) is 0 Å². The van der Waals surface area contributed by atoms with Gasteiger partial charge >= 0.3 is 5.97 Å². The van der Waals surface area contributed by atoms with Crippen molar-refractivity contribution in [2.45, 2.75) is 18.2 Å². The van der Waals surface area contributed by atoms with Crippen molar-refractivity contribution in [3.8, 4) is 0 Å². The standard InChI is InChI=1S/C10H9BrF3NO2/c1-17-8(16)3-6-7(12)2-5(4-11)15-9(6)10(13)14/h2,10H,3-4H2,1H3. The van der Waals surface area contributed by atoms with Crippen molar-refractivity contribution < 1.29 is 22.7 Å². The molecule has 0 spiro atoms. The summed E-state index contributed by atoms with van der Waals surface area (Å²) in [5.74, 6) is -1.67. The van der Waals surface area contributed by atoms with Crippen LogP contribution in [0.1, 0.15) is 23.4 Å². The molecule has 0 N–H and O–H groups in total. The molecule has 0 saturated carbocycles. The fraction of sp³-hybridized carbons (Fsp3) is 0.400. The summed E-state index contributed by atoms with van der Waals surface area (Å²) in [6.45, 7) is 0. The number of esters is 1. The van der Waals surface area contributed by atoms with Crippen LogP contribution in [0.25, 0.3) is 0 Å². The molecule has 0 aliphatic rings. The molecule has 1 aromatic rings. The predicted molar refractivity (Wildman–Crippen MR) is 57.5 cm³/mol. The van der Waals surface area contributed by atoms with E-state index in [0.717, 1.165) is 13.2 Å². The lowest BCUT2D eigenvalue weighted by molar-refractivity contribution is -0.139. The van der Waals surface area contributed by atoms with Crippen LogP contribution < -0.4 is 0 Å². The van der Waals surface area contributed by atoms with E-state index in [-0.39, 0.29) is 11.0 Å². The maximum absolute atomic E-state index is 13.6. The van der Waals surface area contributed by atoms with Gasteiger partial charge in [-0.15, -0.1) is 0 Å². The molecular formula is C10H9BrF3NO2. The van der Waals surface area contributed by atoms with Gasteiger partial charge in [-0.3, -0.25) is 9.78 Å². The highest BCUT2D eigenvalue weighted by molar-refractivity contribution is 9.08. The Labute approximate surface area is 104 Å². The summed E-state index contributed by atoms with van der Waals surface area (Å²) >= 11 is 3.00. The second-order valence-electron chi connectivity index (χ2n) is 3.15. The van der Waals surface area contributed by atoms with Crippen LogP contribution in [-0.2, 0) is 21.3 Å². The summed E-state index contributed by atoms with van der Waals surface area (Å²) < 4.78 is 43.2. The third-order valence-corrected chi connectivity index (χ3v) is 2.62. The Bertz CT molecular complexity index is 426. The summed E-state index contributed by atoms with van der Waals surface area (Å²) in [7, 11) is 1.10. The van der Waals surface area contributed by atoms with E-state index in [9.17, 15) is 18.0 Å². The van der Waals surface area contributed by atoms with Crippen LogP contribution in [0.2, 0.25) is 0 Å². The number of pyridine rings is 1. The van der Waals surface area contributed by atoms with Gasteiger partial charge in [0, 0.05) is 10.9 Å². The summed E-state index contributed by atoms with van der Waals surface area (Å²) in [4.78, 5) is 14.6. The highest BCUT2D eigenvalue weighted by atomic mass is 79.9. The van der Waals surface area contributed by atoms with Crippen LogP contribution in [0, 0.1) is 5.82 Å². The minimum atomic E-state index is -2.94. The number of hydrogen-bond donors (Lipinski definition) is 0. The third-order valence-electron chi connectivity index (χ3n) is 2.05. The first-order valence-corrected chi connectivity index (χ1v) is 5.70. The van der Waals surface area contributed by atoms with Crippen molar-refractivity contribution >= 4 is 21.9 Å². The zero-order valence-electron chi connectivity index (χ0n) is 8.84. The van der Waals surface area contributed by atoms with E-state index >= 15 is 0 Å². The van der Waals surface area contributed by atoms with E-state index in [0.29, 0.717) is 0 Å². The number of carbonyl (C=O) groups excluding carboxylic acids is 1. The molecule has 0 aliphatic carbocycles. The first-order valence-electron chi connectivity index (χ1n) is 4.58. The maximum atomic E-state index is 13.6.